The molecule has 0 heterocycles. The highest BCUT2D eigenvalue weighted by Gasteiger charge is 2.24. The molecule has 0 aliphatic heterocycles. The summed E-state index contributed by atoms with van der Waals surface area (Å²) < 4.78 is 26.0. The number of nitrogens with one attached hydrogen (secondary N) is 2. The van der Waals surface area contributed by atoms with Gasteiger partial charge in [-0.2, -0.15) is 0 Å². The molecule has 0 saturated carbocycles. The molecule has 0 atom stereocenters. The molecule has 2 aromatic carbocycles. The Morgan fingerprint density at radius 2 is 1.57 bits per heavy atom. The lowest BCUT2D eigenvalue weighted by Gasteiger charge is -2.25. The van der Waals surface area contributed by atoms with Crippen LogP contribution in [0, 0.1) is 0 Å². The summed E-state index contributed by atoms with van der Waals surface area (Å²) in [6, 6.07) is 13.7. The van der Waals surface area contributed by atoms with Gasteiger partial charge < -0.3 is 10.6 Å². The fourth-order valence-electron chi connectivity index (χ4n) is 3.03. The molecule has 2 rings (SSSR count). The monoisotopic (exact) mass is 431 g/mol. The number of hydrogen-bond acceptors (Lipinski definition) is 4. The Hall–Kier alpha value is -2.87. The van der Waals surface area contributed by atoms with E-state index in [2.05, 4.69) is 10.6 Å². The number of benzene rings is 2. The third-order valence-electron chi connectivity index (χ3n) is 4.38. The number of hydrogen-bond donors (Lipinski definition) is 2. The number of rotatable bonds is 8. The summed E-state index contributed by atoms with van der Waals surface area (Å²) in [5, 5.41) is 5.47. The van der Waals surface area contributed by atoms with Crippen molar-refractivity contribution >= 4 is 33.2 Å². The van der Waals surface area contributed by atoms with E-state index in [0.29, 0.717) is 16.9 Å². The van der Waals surface area contributed by atoms with Crippen molar-refractivity contribution in [3.63, 3.8) is 0 Å². The standard InChI is InChI=1S/C22H29N3O4S/c1-15(2)17-10-7-9-13-20(17)25(30(5,28)29)14-21(26)24-19-12-8-6-11-18(19)22(27)23-16(3)4/h6-13,15-16H,14H2,1-5H3,(H,23,27)(H,24,26). The van der Waals surface area contributed by atoms with E-state index in [-0.39, 0.29) is 17.9 Å². The smallest absolute Gasteiger partial charge is 0.253 e. The fourth-order valence-corrected chi connectivity index (χ4v) is 3.91. The maximum atomic E-state index is 12.8. The molecule has 2 amide bonds. The molecule has 0 aromatic heterocycles. The SMILES string of the molecule is CC(C)NC(=O)c1ccccc1NC(=O)CN(c1ccccc1C(C)C)S(C)(=O)=O. The van der Waals surface area contributed by atoms with Crippen molar-refractivity contribution in [3.05, 3.63) is 59.7 Å². The highest BCUT2D eigenvalue weighted by molar-refractivity contribution is 7.92. The van der Waals surface area contributed by atoms with Gasteiger partial charge in [-0.1, -0.05) is 44.2 Å². The van der Waals surface area contributed by atoms with Crippen LogP contribution in [-0.4, -0.2) is 39.1 Å². The molecule has 0 aliphatic rings. The Morgan fingerprint density at radius 3 is 2.17 bits per heavy atom. The van der Waals surface area contributed by atoms with Gasteiger partial charge in [0, 0.05) is 6.04 Å². The van der Waals surface area contributed by atoms with E-state index in [4.69, 9.17) is 0 Å². The average molecular weight is 432 g/mol. The lowest BCUT2D eigenvalue weighted by molar-refractivity contribution is -0.114. The normalized spacial score (nSPS) is 11.4. The predicted molar refractivity (Wildman–Crippen MR) is 120 cm³/mol. The lowest BCUT2D eigenvalue weighted by atomic mass is 10.0. The second-order valence-corrected chi connectivity index (χ2v) is 9.61. The fraction of sp³-hybridized carbons (Fsp3) is 0.364. The number of anilines is 2. The van der Waals surface area contributed by atoms with Gasteiger partial charge in [0.1, 0.15) is 6.54 Å². The van der Waals surface area contributed by atoms with Crippen LogP contribution in [0.1, 0.15) is 49.5 Å². The maximum absolute atomic E-state index is 12.8. The van der Waals surface area contributed by atoms with Crippen molar-refractivity contribution in [2.24, 2.45) is 0 Å². The second-order valence-electron chi connectivity index (χ2n) is 7.71. The van der Waals surface area contributed by atoms with E-state index >= 15 is 0 Å². The second kappa shape index (κ2) is 9.75. The van der Waals surface area contributed by atoms with E-state index in [9.17, 15) is 18.0 Å². The van der Waals surface area contributed by atoms with Gasteiger partial charge >= 0.3 is 0 Å². The largest absolute Gasteiger partial charge is 0.350 e. The Morgan fingerprint density at radius 1 is 0.967 bits per heavy atom. The van der Waals surface area contributed by atoms with Crippen LogP contribution in [0.25, 0.3) is 0 Å². The first-order valence-corrected chi connectivity index (χ1v) is 11.6. The van der Waals surface area contributed by atoms with Crippen LogP contribution in [0.15, 0.2) is 48.5 Å². The van der Waals surface area contributed by atoms with E-state index in [0.717, 1.165) is 16.1 Å². The molecule has 30 heavy (non-hydrogen) atoms. The molecule has 0 radical (unpaired) electrons. The van der Waals surface area contributed by atoms with Crippen LogP contribution in [0.4, 0.5) is 11.4 Å². The molecule has 7 nitrogen and oxygen atoms in total. The lowest BCUT2D eigenvalue weighted by Crippen LogP contribution is -2.38. The third kappa shape index (κ3) is 6.06. The highest BCUT2D eigenvalue weighted by Crippen LogP contribution is 2.29. The topological polar surface area (TPSA) is 95.6 Å². The molecule has 2 aromatic rings. The summed E-state index contributed by atoms with van der Waals surface area (Å²) in [6.07, 6.45) is 1.07. The quantitative estimate of drug-likeness (QED) is 0.670. The van der Waals surface area contributed by atoms with Gasteiger partial charge in [-0.05, 0) is 43.5 Å². The van der Waals surface area contributed by atoms with E-state index < -0.39 is 22.5 Å². The van der Waals surface area contributed by atoms with Crippen LogP contribution < -0.4 is 14.9 Å². The van der Waals surface area contributed by atoms with Gasteiger partial charge in [-0.15, -0.1) is 0 Å². The van der Waals surface area contributed by atoms with Crippen LogP contribution in [0.2, 0.25) is 0 Å². The summed E-state index contributed by atoms with van der Waals surface area (Å²) in [6.45, 7) is 7.21. The molecule has 8 heteroatoms. The van der Waals surface area contributed by atoms with Crippen LogP contribution in [0.3, 0.4) is 0 Å². The van der Waals surface area contributed by atoms with Crippen LogP contribution >= 0.6 is 0 Å². The number of para-hydroxylation sites is 2. The Kier molecular flexibility index (Phi) is 7.61. The zero-order valence-electron chi connectivity index (χ0n) is 18.0. The number of amides is 2. The summed E-state index contributed by atoms with van der Waals surface area (Å²) >= 11 is 0. The average Bonchev–Trinajstić information content (AvgIpc) is 2.65. The zero-order chi connectivity index (χ0) is 22.5. The number of carbonyl (C=O) groups excluding carboxylic acids is 2. The zero-order valence-corrected chi connectivity index (χ0v) is 18.8. The first-order chi connectivity index (χ1) is 14.0. The maximum Gasteiger partial charge on any atom is 0.253 e. The molecule has 0 spiro atoms. The van der Waals surface area contributed by atoms with Gasteiger partial charge in [-0.25, -0.2) is 8.42 Å². The molecular formula is C22H29N3O4S. The summed E-state index contributed by atoms with van der Waals surface area (Å²) in [5.41, 5.74) is 1.93. The molecular weight excluding hydrogens is 402 g/mol. The minimum Gasteiger partial charge on any atom is -0.350 e. The Balaban J connectivity index is 2.31. The van der Waals surface area contributed by atoms with Crippen molar-refractivity contribution < 1.29 is 18.0 Å². The van der Waals surface area contributed by atoms with Crippen molar-refractivity contribution in [1.29, 1.82) is 0 Å². The summed E-state index contributed by atoms with van der Waals surface area (Å²) in [4.78, 5) is 25.2. The van der Waals surface area contributed by atoms with Crippen LogP contribution in [-0.2, 0) is 14.8 Å². The van der Waals surface area contributed by atoms with Crippen molar-refractivity contribution in [2.45, 2.75) is 39.7 Å². The summed E-state index contributed by atoms with van der Waals surface area (Å²) in [7, 11) is -3.71. The molecule has 0 fully saturated rings. The highest BCUT2D eigenvalue weighted by atomic mass is 32.2. The van der Waals surface area contributed by atoms with E-state index in [1.165, 1.54) is 0 Å². The van der Waals surface area contributed by atoms with Crippen molar-refractivity contribution in [3.8, 4) is 0 Å². The number of carbonyl (C=O) groups is 2. The first-order valence-electron chi connectivity index (χ1n) is 9.77. The molecule has 0 bridgehead atoms. The molecule has 162 valence electrons. The Bertz CT molecular complexity index is 1020. The predicted octanol–water partition coefficient (Wildman–Crippen LogP) is 3.35. The van der Waals surface area contributed by atoms with Gasteiger partial charge in [0.2, 0.25) is 15.9 Å². The van der Waals surface area contributed by atoms with Gasteiger partial charge in [-0.3, -0.25) is 13.9 Å². The van der Waals surface area contributed by atoms with Crippen molar-refractivity contribution in [2.75, 3.05) is 22.4 Å². The third-order valence-corrected chi connectivity index (χ3v) is 5.51. The number of sulfonamides is 1. The van der Waals surface area contributed by atoms with Gasteiger partial charge in [0.05, 0.1) is 23.2 Å². The number of nitrogens with zero attached hydrogens (tertiary/aromatic N) is 1. The Labute approximate surface area is 178 Å². The molecule has 0 aliphatic carbocycles. The minimum atomic E-state index is -3.71. The van der Waals surface area contributed by atoms with E-state index in [1.54, 1.807) is 36.4 Å². The summed E-state index contributed by atoms with van der Waals surface area (Å²) in [5.74, 6) is -0.774. The molecule has 0 saturated heterocycles. The first kappa shape index (κ1) is 23.4. The molecule has 2 N–H and O–H groups in total. The van der Waals surface area contributed by atoms with Crippen LogP contribution in [0.5, 0.6) is 0 Å². The van der Waals surface area contributed by atoms with Gasteiger partial charge in [0.15, 0.2) is 0 Å². The van der Waals surface area contributed by atoms with Gasteiger partial charge in [0.25, 0.3) is 5.91 Å². The minimum absolute atomic E-state index is 0.0606. The van der Waals surface area contributed by atoms with Crippen molar-refractivity contribution in [1.82, 2.24) is 5.32 Å². The molecule has 0 unspecified atom stereocenters. The van der Waals surface area contributed by atoms with E-state index in [1.807, 2.05) is 39.8 Å².